The highest BCUT2D eigenvalue weighted by Crippen LogP contribution is 2.31. The molecule has 0 aliphatic rings. The van der Waals surface area contributed by atoms with Crippen molar-refractivity contribution in [3.8, 4) is 11.5 Å². The van der Waals surface area contributed by atoms with E-state index >= 15 is 0 Å². The van der Waals surface area contributed by atoms with Crippen LogP contribution in [-0.4, -0.2) is 14.2 Å². The van der Waals surface area contributed by atoms with Gasteiger partial charge >= 0.3 is 0 Å². The van der Waals surface area contributed by atoms with E-state index in [1.54, 1.807) is 25.3 Å². The van der Waals surface area contributed by atoms with E-state index in [9.17, 15) is 0 Å². The zero-order valence-corrected chi connectivity index (χ0v) is 7.39. The molecule has 1 rings (SSSR count). The molecular weight excluding hydrogens is 170 g/mol. The van der Waals surface area contributed by atoms with Crippen LogP contribution in [0.15, 0.2) is 23.3 Å². The van der Waals surface area contributed by atoms with E-state index < -0.39 is 0 Å². The molecule has 0 aliphatic carbocycles. The molecule has 5 heteroatoms. The van der Waals surface area contributed by atoms with Crippen molar-refractivity contribution in [2.75, 3.05) is 14.2 Å². The molecular formula is C8H9N3O2. The molecule has 0 aromatic heterocycles. The van der Waals surface area contributed by atoms with E-state index in [0.29, 0.717) is 17.2 Å². The molecule has 5 nitrogen and oxygen atoms in total. The summed E-state index contributed by atoms with van der Waals surface area (Å²) >= 11 is 0. The highest BCUT2D eigenvalue weighted by atomic mass is 16.5. The van der Waals surface area contributed by atoms with E-state index in [1.807, 2.05) is 0 Å². The Labute approximate surface area is 75.5 Å². The molecule has 0 spiro atoms. The molecule has 0 unspecified atom stereocenters. The van der Waals surface area contributed by atoms with Crippen LogP contribution in [0.1, 0.15) is 0 Å². The second kappa shape index (κ2) is 4.23. The van der Waals surface area contributed by atoms with Gasteiger partial charge in [-0.1, -0.05) is 5.11 Å². The first-order valence-corrected chi connectivity index (χ1v) is 3.59. The Bertz CT molecular complexity index is 345. The molecule has 1 aromatic rings. The van der Waals surface area contributed by atoms with Crippen LogP contribution < -0.4 is 9.47 Å². The van der Waals surface area contributed by atoms with Gasteiger partial charge in [0.2, 0.25) is 0 Å². The van der Waals surface area contributed by atoms with Crippen LogP contribution in [-0.2, 0) is 0 Å². The van der Waals surface area contributed by atoms with Crippen molar-refractivity contribution >= 4 is 5.69 Å². The van der Waals surface area contributed by atoms with E-state index in [2.05, 4.69) is 10.0 Å². The second-order valence-electron chi connectivity index (χ2n) is 2.23. The fraction of sp³-hybridized carbons (Fsp3) is 0.250. The van der Waals surface area contributed by atoms with Crippen LogP contribution in [0, 0.1) is 0 Å². The molecule has 0 fully saturated rings. The molecule has 0 saturated carbocycles. The quantitative estimate of drug-likeness (QED) is 0.406. The van der Waals surface area contributed by atoms with E-state index in [4.69, 9.17) is 15.0 Å². The minimum Gasteiger partial charge on any atom is -0.497 e. The highest BCUT2D eigenvalue weighted by molar-refractivity contribution is 5.54. The summed E-state index contributed by atoms with van der Waals surface area (Å²) in [7, 11) is 3.06. The topological polar surface area (TPSA) is 67.2 Å². The third-order valence-corrected chi connectivity index (χ3v) is 1.54. The van der Waals surface area contributed by atoms with E-state index in [0.717, 1.165) is 0 Å². The summed E-state index contributed by atoms with van der Waals surface area (Å²) in [6.45, 7) is 0. The van der Waals surface area contributed by atoms with Gasteiger partial charge in [0.05, 0.1) is 19.9 Å². The van der Waals surface area contributed by atoms with Gasteiger partial charge in [0.25, 0.3) is 0 Å². The first kappa shape index (κ1) is 9.22. The summed E-state index contributed by atoms with van der Waals surface area (Å²) in [4.78, 5) is 2.67. The first-order chi connectivity index (χ1) is 6.31. The number of hydrogen-bond donors (Lipinski definition) is 0. The summed E-state index contributed by atoms with van der Waals surface area (Å²) in [5.74, 6) is 1.16. The summed E-state index contributed by atoms with van der Waals surface area (Å²) in [5.41, 5.74) is 8.69. The van der Waals surface area contributed by atoms with E-state index in [-0.39, 0.29) is 0 Å². The molecule has 68 valence electrons. The molecule has 13 heavy (non-hydrogen) atoms. The van der Waals surface area contributed by atoms with E-state index in [1.165, 1.54) is 7.11 Å². The zero-order chi connectivity index (χ0) is 9.68. The molecule has 0 aliphatic heterocycles. The van der Waals surface area contributed by atoms with Gasteiger partial charge in [-0.05, 0) is 17.7 Å². The van der Waals surface area contributed by atoms with Crippen molar-refractivity contribution in [1.29, 1.82) is 0 Å². The van der Waals surface area contributed by atoms with Crippen LogP contribution in [0.4, 0.5) is 5.69 Å². The monoisotopic (exact) mass is 179 g/mol. The number of benzene rings is 1. The van der Waals surface area contributed by atoms with Gasteiger partial charge < -0.3 is 9.47 Å². The number of ether oxygens (including phenoxy) is 2. The van der Waals surface area contributed by atoms with Gasteiger partial charge in [-0.25, -0.2) is 0 Å². The fourth-order valence-electron chi connectivity index (χ4n) is 0.916. The van der Waals surface area contributed by atoms with Crippen LogP contribution in [0.2, 0.25) is 0 Å². The van der Waals surface area contributed by atoms with Crippen molar-refractivity contribution in [1.82, 2.24) is 0 Å². The third-order valence-electron chi connectivity index (χ3n) is 1.54. The van der Waals surface area contributed by atoms with Crippen molar-refractivity contribution < 1.29 is 9.47 Å². The van der Waals surface area contributed by atoms with Crippen LogP contribution in [0.5, 0.6) is 11.5 Å². The summed E-state index contributed by atoms with van der Waals surface area (Å²) in [6, 6.07) is 4.99. The third kappa shape index (κ3) is 2.04. The lowest BCUT2D eigenvalue weighted by Crippen LogP contribution is -1.86. The molecule has 0 atom stereocenters. The number of methoxy groups -OCH3 is 2. The largest absolute Gasteiger partial charge is 0.497 e. The Morgan fingerprint density at radius 1 is 1.31 bits per heavy atom. The standard InChI is InChI=1S/C8H9N3O2/c1-12-6-3-4-7(10-11-9)8(5-6)13-2/h3-5H,1-2H3. The molecule has 0 amide bonds. The lowest BCUT2D eigenvalue weighted by atomic mass is 10.3. The Hall–Kier alpha value is -1.87. The smallest absolute Gasteiger partial charge is 0.132 e. The summed E-state index contributed by atoms with van der Waals surface area (Å²) in [6.07, 6.45) is 0. The minimum atomic E-state index is 0.450. The normalized spacial score (nSPS) is 8.77. The van der Waals surface area contributed by atoms with Crippen molar-refractivity contribution in [2.45, 2.75) is 0 Å². The van der Waals surface area contributed by atoms with Crippen molar-refractivity contribution in [2.24, 2.45) is 5.11 Å². The maximum absolute atomic E-state index is 8.24. The van der Waals surface area contributed by atoms with Crippen molar-refractivity contribution in [3.05, 3.63) is 28.6 Å². The number of hydrogen-bond acceptors (Lipinski definition) is 3. The maximum Gasteiger partial charge on any atom is 0.132 e. The number of azide groups is 1. The van der Waals surface area contributed by atoms with Crippen LogP contribution in [0.25, 0.3) is 10.4 Å². The Morgan fingerprint density at radius 2 is 2.08 bits per heavy atom. The molecule has 0 saturated heterocycles. The SMILES string of the molecule is COc1ccc(N=[N+]=[N-])c(OC)c1. The zero-order valence-electron chi connectivity index (χ0n) is 7.39. The molecule has 0 bridgehead atoms. The predicted octanol–water partition coefficient (Wildman–Crippen LogP) is 2.65. The Kier molecular flexibility index (Phi) is 3.00. The minimum absolute atomic E-state index is 0.450. The van der Waals surface area contributed by atoms with Crippen LogP contribution >= 0.6 is 0 Å². The summed E-state index contributed by atoms with van der Waals surface area (Å²) < 4.78 is 9.97. The molecule has 0 radical (unpaired) electrons. The van der Waals surface area contributed by atoms with Gasteiger partial charge in [0.1, 0.15) is 11.5 Å². The Balaban J connectivity index is 3.15. The summed E-state index contributed by atoms with van der Waals surface area (Å²) in [5, 5.41) is 3.45. The second-order valence-corrected chi connectivity index (χ2v) is 2.23. The van der Waals surface area contributed by atoms with Gasteiger partial charge in [0.15, 0.2) is 0 Å². The maximum atomic E-state index is 8.24. The lowest BCUT2D eigenvalue weighted by Gasteiger charge is -2.05. The van der Waals surface area contributed by atoms with Gasteiger partial charge in [-0.2, -0.15) is 0 Å². The average Bonchev–Trinajstić information content (AvgIpc) is 2.19. The van der Waals surface area contributed by atoms with Gasteiger partial charge in [0, 0.05) is 11.0 Å². The fourth-order valence-corrected chi connectivity index (χ4v) is 0.916. The van der Waals surface area contributed by atoms with Crippen molar-refractivity contribution in [3.63, 3.8) is 0 Å². The molecule has 0 N–H and O–H groups in total. The average molecular weight is 179 g/mol. The highest BCUT2D eigenvalue weighted by Gasteiger charge is 2.01. The molecule has 1 aromatic carbocycles. The lowest BCUT2D eigenvalue weighted by molar-refractivity contribution is 0.395. The van der Waals surface area contributed by atoms with Gasteiger partial charge in [-0.15, -0.1) is 0 Å². The predicted molar refractivity (Wildman–Crippen MR) is 48.4 cm³/mol. The first-order valence-electron chi connectivity index (χ1n) is 3.59. The number of nitrogens with zero attached hydrogens (tertiary/aromatic N) is 3. The molecule has 0 heterocycles. The number of rotatable bonds is 3. The van der Waals surface area contributed by atoms with Crippen LogP contribution in [0.3, 0.4) is 0 Å². The Morgan fingerprint density at radius 3 is 2.62 bits per heavy atom. The van der Waals surface area contributed by atoms with Gasteiger partial charge in [-0.3, -0.25) is 0 Å².